The second-order valence-electron chi connectivity index (χ2n) is 8.44. The summed E-state index contributed by atoms with van der Waals surface area (Å²) in [4.78, 5) is 29.0. The summed E-state index contributed by atoms with van der Waals surface area (Å²) in [6.07, 6.45) is 6.50. The topological polar surface area (TPSA) is 69.1 Å². The van der Waals surface area contributed by atoms with E-state index in [1.54, 1.807) is 0 Å². The predicted molar refractivity (Wildman–Crippen MR) is 115 cm³/mol. The molecule has 1 aliphatic carbocycles. The number of hydrogen-bond acceptors (Lipinski definition) is 3. The Morgan fingerprint density at radius 3 is 2.38 bits per heavy atom. The zero-order chi connectivity index (χ0) is 20.4. The quantitative estimate of drug-likeness (QED) is 0.834. The van der Waals surface area contributed by atoms with Crippen LogP contribution in [0.25, 0.3) is 5.52 Å². The van der Waals surface area contributed by atoms with Gasteiger partial charge in [0.05, 0.1) is 5.56 Å². The number of carbonyl (C=O) groups is 2. The number of carbonyl (C=O) groups excluding carboxylic acids is 2. The number of piperazine rings is 1. The molecule has 3 heterocycles. The van der Waals surface area contributed by atoms with Crippen molar-refractivity contribution < 1.29 is 9.59 Å². The van der Waals surface area contributed by atoms with Gasteiger partial charge in [-0.2, -0.15) is 0 Å². The average Bonchev–Trinajstić information content (AvgIpc) is 3.36. The van der Waals surface area contributed by atoms with E-state index in [1.165, 1.54) is 12.8 Å². The molecule has 0 atom stereocenters. The molecule has 3 amide bonds. The number of anilines is 1. The molecule has 2 aliphatic rings. The van der Waals surface area contributed by atoms with Crippen LogP contribution in [0.15, 0.2) is 30.5 Å². The van der Waals surface area contributed by atoms with E-state index >= 15 is 0 Å². The van der Waals surface area contributed by atoms with Gasteiger partial charge >= 0.3 is 6.03 Å². The molecule has 2 N–H and O–H groups in total. The van der Waals surface area contributed by atoms with Gasteiger partial charge in [0, 0.05) is 50.0 Å². The highest BCUT2D eigenvalue weighted by atomic mass is 16.2. The lowest BCUT2D eigenvalue weighted by Gasteiger charge is -2.36. The van der Waals surface area contributed by atoms with Crippen LogP contribution in [0.1, 0.15) is 49.9 Å². The van der Waals surface area contributed by atoms with Gasteiger partial charge in [-0.15, -0.1) is 0 Å². The van der Waals surface area contributed by atoms with Gasteiger partial charge in [0.15, 0.2) is 0 Å². The molecule has 0 bridgehead atoms. The van der Waals surface area contributed by atoms with E-state index in [4.69, 9.17) is 0 Å². The predicted octanol–water partition coefficient (Wildman–Crippen LogP) is 2.85. The van der Waals surface area contributed by atoms with Gasteiger partial charge in [0.2, 0.25) is 0 Å². The number of rotatable bonds is 4. The number of nitrogens with one attached hydrogen (secondary N) is 2. The molecule has 2 aromatic heterocycles. The maximum atomic E-state index is 12.7. The van der Waals surface area contributed by atoms with Crippen LogP contribution in [0.5, 0.6) is 0 Å². The maximum Gasteiger partial charge on any atom is 0.317 e. The smallest absolute Gasteiger partial charge is 0.317 e. The minimum Gasteiger partial charge on any atom is -0.354 e. The minimum absolute atomic E-state index is 0.00513. The van der Waals surface area contributed by atoms with Crippen molar-refractivity contribution >= 4 is 23.3 Å². The van der Waals surface area contributed by atoms with Crippen LogP contribution in [0.4, 0.5) is 10.6 Å². The molecule has 29 heavy (non-hydrogen) atoms. The Bertz CT molecular complexity index is 876. The molecule has 1 saturated carbocycles. The minimum atomic E-state index is 0.00513. The average molecular weight is 398 g/mol. The summed E-state index contributed by atoms with van der Waals surface area (Å²) >= 11 is 0. The van der Waals surface area contributed by atoms with Crippen molar-refractivity contribution in [2.75, 3.05) is 31.1 Å². The zero-order valence-corrected chi connectivity index (χ0v) is 17.4. The van der Waals surface area contributed by atoms with Crippen LogP contribution in [0, 0.1) is 0 Å². The Kier molecular flexibility index (Phi) is 5.65. The fourth-order valence-corrected chi connectivity index (χ4v) is 4.29. The van der Waals surface area contributed by atoms with E-state index in [9.17, 15) is 9.59 Å². The molecule has 7 heteroatoms. The zero-order valence-electron chi connectivity index (χ0n) is 17.4. The molecule has 1 saturated heterocycles. The molecule has 2 aromatic rings. The van der Waals surface area contributed by atoms with Gasteiger partial charge in [-0.25, -0.2) is 4.79 Å². The summed E-state index contributed by atoms with van der Waals surface area (Å²) in [6.45, 7) is 6.87. The maximum absolute atomic E-state index is 12.7. The molecule has 2 fully saturated rings. The summed E-state index contributed by atoms with van der Waals surface area (Å²) in [6, 6.07) is 8.53. The van der Waals surface area contributed by atoms with Crippen molar-refractivity contribution in [3.8, 4) is 0 Å². The number of pyridine rings is 1. The molecule has 1 aliphatic heterocycles. The van der Waals surface area contributed by atoms with Gasteiger partial charge in [-0.1, -0.05) is 12.8 Å². The third kappa shape index (κ3) is 4.33. The summed E-state index contributed by atoms with van der Waals surface area (Å²) in [5.41, 5.74) is 1.76. The Morgan fingerprint density at radius 1 is 1.00 bits per heavy atom. The normalized spacial score (nSPS) is 17.9. The SMILES string of the molecule is CC(C)NC(=O)N1CCN(c2ccc3ccc(C(=O)NC4CCCC4)cn23)CC1. The van der Waals surface area contributed by atoms with Crippen LogP contribution in [0.3, 0.4) is 0 Å². The highest BCUT2D eigenvalue weighted by Gasteiger charge is 2.23. The van der Waals surface area contributed by atoms with Crippen LogP contribution in [-0.4, -0.2) is 59.5 Å². The van der Waals surface area contributed by atoms with Crippen molar-refractivity contribution in [1.29, 1.82) is 0 Å². The van der Waals surface area contributed by atoms with Crippen molar-refractivity contribution in [2.45, 2.75) is 51.6 Å². The molecule has 156 valence electrons. The third-order valence-corrected chi connectivity index (χ3v) is 5.89. The Balaban J connectivity index is 1.45. The number of hydrogen-bond donors (Lipinski definition) is 2. The van der Waals surface area contributed by atoms with E-state index < -0.39 is 0 Å². The van der Waals surface area contributed by atoms with Crippen LogP contribution in [0.2, 0.25) is 0 Å². The molecule has 0 radical (unpaired) electrons. The fraction of sp³-hybridized carbons (Fsp3) is 0.545. The molecular formula is C22H31N5O2. The van der Waals surface area contributed by atoms with Gasteiger partial charge in [-0.05, 0) is 51.0 Å². The monoisotopic (exact) mass is 397 g/mol. The molecule has 0 unspecified atom stereocenters. The number of fused-ring (bicyclic) bond motifs is 1. The first-order valence-electron chi connectivity index (χ1n) is 10.7. The highest BCUT2D eigenvalue weighted by Crippen LogP contribution is 2.23. The van der Waals surface area contributed by atoms with E-state index in [1.807, 2.05) is 37.1 Å². The van der Waals surface area contributed by atoms with Crippen LogP contribution in [-0.2, 0) is 0 Å². The van der Waals surface area contributed by atoms with Gasteiger partial charge in [-0.3, -0.25) is 4.79 Å². The lowest BCUT2D eigenvalue weighted by atomic mass is 10.2. The van der Waals surface area contributed by atoms with Crippen LogP contribution < -0.4 is 15.5 Å². The van der Waals surface area contributed by atoms with Gasteiger partial charge < -0.3 is 24.8 Å². The van der Waals surface area contributed by atoms with E-state index in [0.29, 0.717) is 24.7 Å². The lowest BCUT2D eigenvalue weighted by molar-refractivity contribution is 0.0937. The Labute approximate surface area is 172 Å². The molecular weight excluding hydrogens is 366 g/mol. The first-order chi connectivity index (χ1) is 14.0. The van der Waals surface area contributed by atoms with E-state index in [2.05, 4.69) is 32.1 Å². The third-order valence-electron chi connectivity index (χ3n) is 5.89. The van der Waals surface area contributed by atoms with E-state index in [0.717, 1.165) is 37.3 Å². The van der Waals surface area contributed by atoms with Gasteiger partial charge in [0.1, 0.15) is 5.82 Å². The molecule has 0 spiro atoms. The van der Waals surface area contributed by atoms with Crippen molar-refractivity contribution in [2.24, 2.45) is 0 Å². The van der Waals surface area contributed by atoms with Crippen molar-refractivity contribution in [1.82, 2.24) is 19.9 Å². The van der Waals surface area contributed by atoms with Gasteiger partial charge in [0.25, 0.3) is 5.91 Å². The Morgan fingerprint density at radius 2 is 1.69 bits per heavy atom. The summed E-state index contributed by atoms with van der Waals surface area (Å²) < 4.78 is 2.09. The second kappa shape index (κ2) is 8.35. The molecule has 4 rings (SSSR count). The van der Waals surface area contributed by atoms with Crippen LogP contribution >= 0.6 is 0 Å². The summed E-state index contributed by atoms with van der Waals surface area (Å²) in [7, 11) is 0. The fourth-order valence-electron chi connectivity index (χ4n) is 4.29. The standard InChI is InChI=1S/C22H31N5O2/c1-16(2)23-22(29)26-13-11-25(12-14-26)20-10-9-19-8-7-17(15-27(19)20)21(28)24-18-5-3-4-6-18/h7-10,15-16,18H,3-6,11-14H2,1-2H3,(H,23,29)(H,24,28). The summed E-state index contributed by atoms with van der Waals surface area (Å²) in [5.74, 6) is 1.08. The Hall–Kier alpha value is -2.70. The number of nitrogens with zero attached hydrogens (tertiary/aromatic N) is 3. The van der Waals surface area contributed by atoms with Crippen molar-refractivity contribution in [3.05, 3.63) is 36.0 Å². The van der Waals surface area contributed by atoms with E-state index in [-0.39, 0.29) is 18.0 Å². The number of aromatic nitrogens is 1. The first kappa shape index (κ1) is 19.6. The second-order valence-corrected chi connectivity index (χ2v) is 8.44. The van der Waals surface area contributed by atoms with Crippen molar-refractivity contribution in [3.63, 3.8) is 0 Å². The number of urea groups is 1. The highest BCUT2D eigenvalue weighted by molar-refractivity contribution is 5.94. The lowest BCUT2D eigenvalue weighted by Crippen LogP contribution is -2.53. The molecule has 0 aromatic carbocycles. The molecule has 7 nitrogen and oxygen atoms in total. The first-order valence-corrected chi connectivity index (χ1v) is 10.7. The summed E-state index contributed by atoms with van der Waals surface area (Å²) in [5, 5.41) is 6.13. The number of amides is 3. The largest absolute Gasteiger partial charge is 0.354 e.